The first-order valence-corrected chi connectivity index (χ1v) is 9.98. The fourth-order valence-corrected chi connectivity index (χ4v) is 3.20. The van der Waals surface area contributed by atoms with Crippen molar-refractivity contribution in [3.63, 3.8) is 0 Å². The number of fused-ring (bicyclic) bond motifs is 1. The summed E-state index contributed by atoms with van der Waals surface area (Å²) in [5.74, 6) is 0.322. The summed E-state index contributed by atoms with van der Waals surface area (Å²) in [6, 6.07) is 4.77. The molecule has 0 saturated heterocycles. The van der Waals surface area contributed by atoms with Gasteiger partial charge in [-0.2, -0.15) is 0 Å². The van der Waals surface area contributed by atoms with E-state index in [9.17, 15) is 14.7 Å². The molecule has 3 N–H and O–H groups in total. The van der Waals surface area contributed by atoms with Crippen LogP contribution in [0.4, 0.5) is 0 Å². The number of hydrogen-bond acceptors (Lipinski definition) is 5. The molecule has 0 aliphatic carbocycles. The minimum Gasteiger partial charge on any atom is -0.490 e. The van der Waals surface area contributed by atoms with Gasteiger partial charge in [-0.1, -0.05) is 40.2 Å². The van der Waals surface area contributed by atoms with E-state index in [0.717, 1.165) is 24.2 Å². The molecule has 156 valence electrons. The van der Waals surface area contributed by atoms with Crippen LogP contribution >= 0.6 is 0 Å². The van der Waals surface area contributed by atoms with E-state index in [0.29, 0.717) is 19.0 Å². The third-order valence-electron chi connectivity index (χ3n) is 5.08. The Labute approximate surface area is 166 Å². The summed E-state index contributed by atoms with van der Waals surface area (Å²) in [6.45, 7) is 9.03. The highest BCUT2D eigenvalue weighted by Crippen LogP contribution is 2.34. The van der Waals surface area contributed by atoms with E-state index in [2.05, 4.69) is 10.6 Å². The van der Waals surface area contributed by atoms with Crippen molar-refractivity contribution in [2.45, 2.75) is 52.6 Å². The van der Waals surface area contributed by atoms with Gasteiger partial charge in [0.1, 0.15) is 6.04 Å². The summed E-state index contributed by atoms with van der Waals surface area (Å²) in [6.07, 6.45) is 1.55. The maximum Gasteiger partial charge on any atom is 0.320 e. The third kappa shape index (κ3) is 5.86. The van der Waals surface area contributed by atoms with Crippen molar-refractivity contribution in [1.82, 2.24) is 10.6 Å². The Hall–Kier alpha value is -2.28. The summed E-state index contributed by atoms with van der Waals surface area (Å²) < 4.78 is 11.4. The van der Waals surface area contributed by atoms with Crippen molar-refractivity contribution in [2.75, 3.05) is 19.8 Å². The van der Waals surface area contributed by atoms with Crippen LogP contribution in [-0.4, -0.2) is 42.8 Å². The summed E-state index contributed by atoms with van der Waals surface area (Å²) in [7, 11) is 0. The van der Waals surface area contributed by atoms with Gasteiger partial charge < -0.3 is 19.9 Å². The maximum atomic E-state index is 12.5. The molecule has 1 aliphatic heterocycles. The minimum absolute atomic E-state index is 0.0465. The Balaban J connectivity index is 2.05. The van der Waals surface area contributed by atoms with Gasteiger partial charge in [-0.3, -0.25) is 14.9 Å². The van der Waals surface area contributed by atoms with Crippen molar-refractivity contribution in [3.05, 3.63) is 23.8 Å². The van der Waals surface area contributed by atoms with Gasteiger partial charge in [0.15, 0.2) is 11.5 Å². The first-order chi connectivity index (χ1) is 13.3. The SMILES string of the molecule is CC[C@H](C)[C@H](NCC(=O)NC(c1ccc2c(c1)OCCCO2)C(C)C)C(=O)O. The van der Waals surface area contributed by atoms with Crippen LogP contribution in [-0.2, 0) is 9.59 Å². The first-order valence-electron chi connectivity index (χ1n) is 9.98. The first kappa shape index (κ1) is 22.0. The average Bonchev–Trinajstić information content (AvgIpc) is 2.90. The van der Waals surface area contributed by atoms with E-state index in [1.807, 2.05) is 45.9 Å². The molecule has 7 heteroatoms. The molecule has 0 spiro atoms. The standard InChI is InChI=1S/C21H32N2O5/c1-5-14(4)20(21(25)26)22-12-18(24)23-19(13(2)3)15-7-8-16-17(11-15)28-10-6-9-27-16/h7-8,11,13-14,19-20,22H,5-6,9-10,12H2,1-4H3,(H,23,24)(H,25,26)/t14-,19?,20-/m0/s1. The Morgan fingerprint density at radius 1 is 1.14 bits per heavy atom. The van der Waals surface area contributed by atoms with E-state index in [1.54, 1.807) is 0 Å². The largest absolute Gasteiger partial charge is 0.490 e. The number of carboxylic acids is 1. The number of amides is 1. The molecule has 2 rings (SSSR count). The zero-order valence-electron chi connectivity index (χ0n) is 17.2. The highest BCUT2D eigenvalue weighted by Gasteiger charge is 2.25. The van der Waals surface area contributed by atoms with E-state index in [-0.39, 0.29) is 30.3 Å². The molecule has 1 unspecified atom stereocenters. The predicted octanol–water partition coefficient (Wildman–Crippen LogP) is 2.75. The van der Waals surface area contributed by atoms with Crippen LogP contribution in [0.1, 0.15) is 52.1 Å². The van der Waals surface area contributed by atoms with Crippen molar-refractivity contribution in [2.24, 2.45) is 11.8 Å². The molecular weight excluding hydrogens is 360 g/mol. The molecule has 0 bridgehead atoms. The maximum absolute atomic E-state index is 12.5. The van der Waals surface area contributed by atoms with Gasteiger partial charge in [0, 0.05) is 6.42 Å². The zero-order valence-corrected chi connectivity index (χ0v) is 17.2. The predicted molar refractivity (Wildman–Crippen MR) is 107 cm³/mol. The number of carbonyl (C=O) groups is 2. The fourth-order valence-electron chi connectivity index (χ4n) is 3.20. The monoisotopic (exact) mass is 392 g/mol. The molecule has 7 nitrogen and oxygen atoms in total. The zero-order chi connectivity index (χ0) is 20.7. The van der Waals surface area contributed by atoms with E-state index in [4.69, 9.17) is 9.47 Å². The van der Waals surface area contributed by atoms with Crippen molar-refractivity contribution >= 4 is 11.9 Å². The molecule has 0 aromatic heterocycles. The van der Waals surface area contributed by atoms with Gasteiger partial charge >= 0.3 is 5.97 Å². The smallest absolute Gasteiger partial charge is 0.320 e. The number of carbonyl (C=O) groups excluding carboxylic acids is 1. The molecule has 3 atom stereocenters. The average molecular weight is 392 g/mol. The molecule has 1 aromatic rings. The van der Waals surface area contributed by atoms with Crippen molar-refractivity contribution < 1.29 is 24.2 Å². The lowest BCUT2D eigenvalue weighted by atomic mass is 9.95. The number of aliphatic carboxylic acids is 1. The van der Waals surface area contributed by atoms with Crippen LogP contribution in [0.5, 0.6) is 11.5 Å². The van der Waals surface area contributed by atoms with Gasteiger partial charge in [0.25, 0.3) is 0 Å². The van der Waals surface area contributed by atoms with Crippen molar-refractivity contribution in [3.8, 4) is 11.5 Å². The second kappa shape index (κ2) is 10.3. The summed E-state index contributed by atoms with van der Waals surface area (Å²) in [4.78, 5) is 23.9. The quantitative estimate of drug-likeness (QED) is 0.598. The van der Waals surface area contributed by atoms with E-state index >= 15 is 0 Å². The topological polar surface area (TPSA) is 96.9 Å². The van der Waals surface area contributed by atoms with Gasteiger partial charge in [0.05, 0.1) is 25.8 Å². The Morgan fingerprint density at radius 3 is 2.43 bits per heavy atom. The highest BCUT2D eigenvalue weighted by atomic mass is 16.5. The Kier molecular flexibility index (Phi) is 8.11. The molecule has 28 heavy (non-hydrogen) atoms. The normalized spacial score (nSPS) is 16.8. The molecule has 1 heterocycles. The Morgan fingerprint density at radius 2 is 1.82 bits per heavy atom. The van der Waals surface area contributed by atoms with Crippen LogP contribution in [0.2, 0.25) is 0 Å². The number of nitrogens with one attached hydrogen (secondary N) is 2. The number of hydrogen-bond donors (Lipinski definition) is 3. The van der Waals surface area contributed by atoms with Crippen LogP contribution in [0, 0.1) is 11.8 Å². The molecule has 0 radical (unpaired) electrons. The van der Waals surface area contributed by atoms with Crippen LogP contribution in [0.25, 0.3) is 0 Å². The number of benzene rings is 1. The van der Waals surface area contributed by atoms with Crippen LogP contribution in [0.15, 0.2) is 18.2 Å². The lowest BCUT2D eigenvalue weighted by molar-refractivity contribution is -0.141. The number of rotatable bonds is 9. The van der Waals surface area contributed by atoms with Crippen LogP contribution < -0.4 is 20.1 Å². The highest BCUT2D eigenvalue weighted by molar-refractivity contribution is 5.80. The summed E-state index contributed by atoms with van der Waals surface area (Å²) in [5.41, 5.74) is 0.935. The number of carboxylic acid groups (broad SMARTS) is 1. The van der Waals surface area contributed by atoms with Gasteiger partial charge in [-0.15, -0.1) is 0 Å². The Bertz CT molecular complexity index is 677. The minimum atomic E-state index is -0.939. The van der Waals surface area contributed by atoms with E-state index < -0.39 is 12.0 Å². The molecule has 0 fully saturated rings. The number of ether oxygens (including phenoxy) is 2. The van der Waals surface area contributed by atoms with Gasteiger partial charge in [-0.05, 0) is 29.5 Å². The second-order valence-electron chi connectivity index (χ2n) is 7.63. The summed E-state index contributed by atoms with van der Waals surface area (Å²) >= 11 is 0. The van der Waals surface area contributed by atoms with E-state index in [1.165, 1.54) is 0 Å². The molecular formula is C21H32N2O5. The van der Waals surface area contributed by atoms with Crippen molar-refractivity contribution in [1.29, 1.82) is 0 Å². The molecule has 1 aromatic carbocycles. The van der Waals surface area contributed by atoms with Gasteiger partial charge in [-0.25, -0.2) is 0 Å². The van der Waals surface area contributed by atoms with Gasteiger partial charge in [0.2, 0.25) is 5.91 Å². The van der Waals surface area contributed by atoms with Crippen LogP contribution in [0.3, 0.4) is 0 Å². The third-order valence-corrected chi connectivity index (χ3v) is 5.08. The summed E-state index contributed by atoms with van der Waals surface area (Å²) in [5, 5.41) is 15.2. The lowest BCUT2D eigenvalue weighted by Crippen LogP contribution is -2.47. The second-order valence-corrected chi connectivity index (χ2v) is 7.63. The molecule has 1 amide bonds. The molecule has 0 saturated carbocycles. The molecule has 1 aliphatic rings. The fraction of sp³-hybridized carbons (Fsp3) is 0.619. The lowest BCUT2D eigenvalue weighted by Gasteiger charge is -2.25.